The van der Waals surface area contributed by atoms with Gasteiger partial charge in [-0.05, 0) is 36.8 Å². The first-order valence-corrected chi connectivity index (χ1v) is 7.92. The van der Waals surface area contributed by atoms with Crippen LogP contribution < -0.4 is 15.2 Å². The highest BCUT2D eigenvalue weighted by atomic mass is 32.2. The Bertz CT molecular complexity index is 703. The molecule has 3 N–H and O–H groups in total. The standard InChI is InChI=1S/C14H17N3O3S/c1-2-20-13-6-5-12(15)8-14(13)21(18,19)17-10-11-4-3-7-16-9-11/h3-9,17H,2,10,15H2,1H3. The summed E-state index contributed by atoms with van der Waals surface area (Å²) in [5, 5.41) is 0. The molecule has 0 atom stereocenters. The van der Waals surface area contributed by atoms with Crippen molar-refractivity contribution in [2.75, 3.05) is 12.3 Å². The van der Waals surface area contributed by atoms with Gasteiger partial charge in [0.05, 0.1) is 6.61 Å². The molecule has 0 aliphatic rings. The van der Waals surface area contributed by atoms with Crippen LogP contribution in [-0.4, -0.2) is 20.0 Å². The number of hydrogen-bond donors (Lipinski definition) is 2. The zero-order valence-electron chi connectivity index (χ0n) is 11.6. The van der Waals surface area contributed by atoms with Crippen LogP contribution in [0.3, 0.4) is 0 Å². The number of nitrogens with zero attached hydrogens (tertiary/aromatic N) is 1. The van der Waals surface area contributed by atoms with Crippen LogP contribution in [0.2, 0.25) is 0 Å². The average molecular weight is 307 g/mol. The van der Waals surface area contributed by atoms with Crippen molar-refractivity contribution in [1.82, 2.24) is 9.71 Å². The summed E-state index contributed by atoms with van der Waals surface area (Å²) in [4.78, 5) is 3.98. The van der Waals surface area contributed by atoms with Gasteiger partial charge in [-0.15, -0.1) is 0 Å². The van der Waals surface area contributed by atoms with Crippen molar-refractivity contribution in [1.29, 1.82) is 0 Å². The van der Waals surface area contributed by atoms with Crippen LogP contribution in [-0.2, 0) is 16.6 Å². The number of nitrogens with two attached hydrogens (primary N) is 1. The van der Waals surface area contributed by atoms with Gasteiger partial charge in [-0.25, -0.2) is 13.1 Å². The Morgan fingerprint density at radius 2 is 2.14 bits per heavy atom. The van der Waals surface area contributed by atoms with Gasteiger partial charge in [-0.1, -0.05) is 6.07 Å². The largest absolute Gasteiger partial charge is 0.492 e. The van der Waals surface area contributed by atoms with E-state index in [1.54, 1.807) is 43.6 Å². The molecule has 1 aromatic heterocycles. The molecule has 0 aliphatic carbocycles. The summed E-state index contributed by atoms with van der Waals surface area (Å²) in [6.07, 6.45) is 3.23. The highest BCUT2D eigenvalue weighted by Gasteiger charge is 2.19. The van der Waals surface area contributed by atoms with Gasteiger partial charge in [0, 0.05) is 24.6 Å². The number of anilines is 1. The van der Waals surface area contributed by atoms with E-state index in [4.69, 9.17) is 10.5 Å². The van der Waals surface area contributed by atoms with Gasteiger partial charge in [0.2, 0.25) is 10.0 Å². The lowest BCUT2D eigenvalue weighted by atomic mass is 10.3. The second-order valence-electron chi connectivity index (χ2n) is 4.33. The summed E-state index contributed by atoms with van der Waals surface area (Å²) in [6, 6.07) is 8.08. The molecular weight excluding hydrogens is 290 g/mol. The van der Waals surface area contributed by atoms with Crippen molar-refractivity contribution in [2.24, 2.45) is 0 Å². The number of nitrogens with one attached hydrogen (secondary N) is 1. The van der Waals surface area contributed by atoms with E-state index in [2.05, 4.69) is 9.71 Å². The molecule has 1 heterocycles. The first-order valence-electron chi connectivity index (χ1n) is 6.44. The Balaban J connectivity index is 2.24. The highest BCUT2D eigenvalue weighted by molar-refractivity contribution is 7.89. The number of nitrogen functional groups attached to an aromatic ring is 1. The molecular formula is C14H17N3O3S. The molecule has 21 heavy (non-hydrogen) atoms. The minimum absolute atomic E-state index is 0.0354. The zero-order chi connectivity index (χ0) is 15.3. The van der Waals surface area contributed by atoms with Gasteiger partial charge in [0.15, 0.2) is 0 Å². The second-order valence-corrected chi connectivity index (χ2v) is 6.06. The lowest BCUT2D eigenvalue weighted by molar-refractivity contribution is 0.331. The molecule has 0 radical (unpaired) electrons. The lowest BCUT2D eigenvalue weighted by Gasteiger charge is -2.12. The molecule has 6 nitrogen and oxygen atoms in total. The van der Waals surface area contributed by atoms with Crippen molar-refractivity contribution in [2.45, 2.75) is 18.4 Å². The average Bonchev–Trinajstić information content (AvgIpc) is 2.48. The van der Waals surface area contributed by atoms with Gasteiger partial charge >= 0.3 is 0 Å². The van der Waals surface area contributed by atoms with E-state index in [0.717, 1.165) is 5.56 Å². The summed E-state index contributed by atoms with van der Waals surface area (Å²) >= 11 is 0. The van der Waals surface area contributed by atoms with E-state index in [9.17, 15) is 8.42 Å². The topological polar surface area (TPSA) is 94.3 Å². The van der Waals surface area contributed by atoms with E-state index in [-0.39, 0.29) is 17.2 Å². The third kappa shape index (κ3) is 3.93. The Morgan fingerprint density at radius 1 is 1.33 bits per heavy atom. The van der Waals surface area contributed by atoms with Crippen LogP contribution in [0.4, 0.5) is 5.69 Å². The Kier molecular flexibility index (Phi) is 4.77. The molecule has 0 fully saturated rings. The fourth-order valence-electron chi connectivity index (χ4n) is 1.77. The van der Waals surface area contributed by atoms with E-state index < -0.39 is 10.0 Å². The number of pyridine rings is 1. The quantitative estimate of drug-likeness (QED) is 0.789. The van der Waals surface area contributed by atoms with E-state index >= 15 is 0 Å². The normalized spacial score (nSPS) is 11.3. The van der Waals surface area contributed by atoms with E-state index in [1.807, 2.05) is 0 Å². The number of ether oxygens (including phenoxy) is 1. The number of benzene rings is 1. The van der Waals surface area contributed by atoms with Crippen LogP contribution in [0, 0.1) is 0 Å². The monoisotopic (exact) mass is 307 g/mol. The van der Waals surface area contributed by atoms with Crippen LogP contribution in [0.25, 0.3) is 0 Å². The number of rotatable bonds is 6. The second kappa shape index (κ2) is 6.55. The molecule has 2 rings (SSSR count). The van der Waals surface area contributed by atoms with E-state index in [1.165, 1.54) is 6.07 Å². The fraction of sp³-hybridized carbons (Fsp3) is 0.214. The van der Waals surface area contributed by atoms with Crippen LogP contribution in [0.1, 0.15) is 12.5 Å². The molecule has 0 spiro atoms. The van der Waals surface area contributed by atoms with E-state index in [0.29, 0.717) is 12.3 Å². The summed E-state index contributed by atoms with van der Waals surface area (Å²) in [7, 11) is -3.72. The number of aromatic nitrogens is 1. The maximum Gasteiger partial charge on any atom is 0.244 e. The third-order valence-electron chi connectivity index (χ3n) is 2.75. The number of sulfonamides is 1. The van der Waals surface area contributed by atoms with Crippen molar-refractivity contribution in [3.05, 3.63) is 48.3 Å². The zero-order valence-corrected chi connectivity index (χ0v) is 12.4. The van der Waals surface area contributed by atoms with Crippen LogP contribution in [0.5, 0.6) is 5.75 Å². The summed E-state index contributed by atoms with van der Waals surface area (Å²) < 4.78 is 32.6. The predicted molar refractivity (Wildman–Crippen MR) is 80.3 cm³/mol. The summed E-state index contributed by atoms with van der Waals surface area (Å²) in [5.74, 6) is 0.283. The Morgan fingerprint density at radius 3 is 2.81 bits per heavy atom. The first kappa shape index (κ1) is 15.3. The summed E-state index contributed by atoms with van der Waals surface area (Å²) in [5.41, 5.74) is 6.80. The molecule has 0 saturated heterocycles. The first-order chi connectivity index (χ1) is 10.0. The van der Waals surface area contributed by atoms with Gasteiger partial charge in [0.25, 0.3) is 0 Å². The van der Waals surface area contributed by atoms with Crippen molar-refractivity contribution >= 4 is 15.7 Å². The molecule has 0 aliphatic heterocycles. The van der Waals surface area contributed by atoms with Crippen molar-refractivity contribution < 1.29 is 13.2 Å². The molecule has 7 heteroatoms. The molecule has 1 aromatic carbocycles. The predicted octanol–water partition coefficient (Wildman–Crippen LogP) is 1.54. The molecule has 0 bridgehead atoms. The SMILES string of the molecule is CCOc1ccc(N)cc1S(=O)(=O)NCc1cccnc1. The maximum atomic E-state index is 12.4. The molecule has 0 amide bonds. The lowest BCUT2D eigenvalue weighted by Crippen LogP contribution is -2.24. The minimum atomic E-state index is -3.72. The molecule has 0 unspecified atom stereocenters. The van der Waals surface area contributed by atoms with Gasteiger partial charge in [-0.2, -0.15) is 0 Å². The van der Waals surface area contributed by atoms with Gasteiger partial charge < -0.3 is 10.5 Å². The molecule has 0 saturated carbocycles. The van der Waals surface area contributed by atoms with Crippen LogP contribution >= 0.6 is 0 Å². The molecule has 112 valence electrons. The summed E-state index contributed by atoms with van der Waals surface area (Å²) in [6.45, 7) is 2.31. The Hall–Kier alpha value is -2.12. The molecule has 2 aromatic rings. The minimum Gasteiger partial charge on any atom is -0.492 e. The van der Waals surface area contributed by atoms with Crippen molar-refractivity contribution in [3.8, 4) is 5.75 Å². The smallest absolute Gasteiger partial charge is 0.244 e. The third-order valence-corrected chi connectivity index (χ3v) is 4.17. The van der Waals surface area contributed by atoms with Gasteiger partial charge in [0.1, 0.15) is 10.6 Å². The number of hydrogen-bond acceptors (Lipinski definition) is 5. The Labute approximate surface area is 124 Å². The maximum absolute atomic E-state index is 12.4. The highest BCUT2D eigenvalue weighted by Crippen LogP contribution is 2.26. The van der Waals surface area contributed by atoms with Crippen molar-refractivity contribution in [3.63, 3.8) is 0 Å². The van der Waals surface area contributed by atoms with Gasteiger partial charge in [-0.3, -0.25) is 4.98 Å². The van der Waals surface area contributed by atoms with Crippen LogP contribution in [0.15, 0.2) is 47.6 Å². The fourth-order valence-corrected chi connectivity index (χ4v) is 2.96.